The number of H-pyrrole nitrogens is 1. The van der Waals surface area contributed by atoms with Crippen molar-refractivity contribution in [1.29, 1.82) is 0 Å². The van der Waals surface area contributed by atoms with Crippen LogP contribution in [-0.2, 0) is 13.1 Å². The molecule has 3 heterocycles. The van der Waals surface area contributed by atoms with Crippen LogP contribution >= 0.6 is 0 Å². The Labute approximate surface area is 213 Å². The molecular formula is C28H23N7O2. The van der Waals surface area contributed by atoms with Gasteiger partial charge in [-0.3, -0.25) is 9.89 Å². The average Bonchev–Trinajstić information content (AvgIpc) is 3.52. The molecule has 0 atom stereocenters. The van der Waals surface area contributed by atoms with Crippen molar-refractivity contribution in [2.75, 3.05) is 15.5 Å². The minimum atomic E-state index is -0.261. The van der Waals surface area contributed by atoms with Crippen LogP contribution in [-0.4, -0.2) is 26.1 Å². The van der Waals surface area contributed by atoms with Gasteiger partial charge in [0.1, 0.15) is 17.3 Å². The third-order valence-electron chi connectivity index (χ3n) is 5.95. The zero-order valence-electron chi connectivity index (χ0n) is 19.8. The molecule has 1 amide bonds. The third-order valence-corrected chi connectivity index (χ3v) is 5.95. The molecule has 3 aromatic carbocycles. The highest BCUT2D eigenvalue weighted by atomic mass is 16.5. The number of hydrogen-bond acceptors (Lipinski definition) is 7. The number of para-hydroxylation sites is 2. The van der Waals surface area contributed by atoms with E-state index in [9.17, 15) is 4.79 Å². The SMILES string of the molecule is O=C(Nc1n[nH]c2c1CN(c1ccnc(Nc3ccccc3)n1)C2)c1cccc(Oc2ccccc2)c1. The molecule has 0 radical (unpaired) electrons. The van der Waals surface area contributed by atoms with Crippen LogP contribution < -0.4 is 20.3 Å². The molecule has 37 heavy (non-hydrogen) atoms. The minimum absolute atomic E-state index is 0.261. The molecule has 0 unspecified atom stereocenters. The summed E-state index contributed by atoms with van der Waals surface area (Å²) in [7, 11) is 0. The van der Waals surface area contributed by atoms with Crippen molar-refractivity contribution in [2.45, 2.75) is 13.1 Å². The number of carbonyl (C=O) groups is 1. The van der Waals surface area contributed by atoms with Gasteiger partial charge in [0.2, 0.25) is 5.95 Å². The Bertz CT molecular complexity index is 1540. The largest absolute Gasteiger partial charge is 0.457 e. The van der Waals surface area contributed by atoms with Gasteiger partial charge in [-0.2, -0.15) is 10.1 Å². The van der Waals surface area contributed by atoms with Crippen LogP contribution in [0, 0.1) is 0 Å². The van der Waals surface area contributed by atoms with Crippen molar-refractivity contribution in [2.24, 2.45) is 0 Å². The van der Waals surface area contributed by atoms with Crippen molar-refractivity contribution < 1.29 is 9.53 Å². The number of fused-ring (bicyclic) bond motifs is 1. The first-order chi connectivity index (χ1) is 18.2. The molecule has 1 aliphatic heterocycles. The van der Waals surface area contributed by atoms with Gasteiger partial charge >= 0.3 is 0 Å². The van der Waals surface area contributed by atoms with E-state index in [0.717, 1.165) is 22.8 Å². The summed E-state index contributed by atoms with van der Waals surface area (Å²) < 4.78 is 5.86. The van der Waals surface area contributed by atoms with Crippen LogP contribution in [0.2, 0.25) is 0 Å². The van der Waals surface area contributed by atoms with Crippen LogP contribution in [0.5, 0.6) is 11.5 Å². The molecule has 0 spiro atoms. The van der Waals surface area contributed by atoms with Gasteiger partial charge in [-0.15, -0.1) is 0 Å². The number of rotatable bonds is 7. The van der Waals surface area contributed by atoms with Gasteiger partial charge in [0.15, 0.2) is 5.82 Å². The monoisotopic (exact) mass is 489 g/mol. The second kappa shape index (κ2) is 9.82. The second-order valence-corrected chi connectivity index (χ2v) is 8.51. The number of carbonyl (C=O) groups excluding carboxylic acids is 1. The third kappa shape index (κ3) is 4.96. The molecule has 9 nitrogen and oxygen atoms in total. The molecule has 6 rings (SSSR count). The van der Waals surface area contributed by atoms with Crippen LogP contribution in [0.25, 0.3) is 0 Å². The Kier molecular flexibility index (Phi) is 5.92. The van der Waals surface area contributed by atoms with Crippen LogP contribution in [0.1, 0.15) is 21.6 Å². The fraction of sp³-hybridized carbons (Fsp3) is 0.0714. The lowest BCUT2D eigenvalue weighted by molar-refractivity contribution is 0.102. The van der Waals surface area contributed by atoms with Crippen LogP contribution in [0.4, 0.5) is 23.3 Å². The summed E-state index contributed by atoms with van der Waals surface area (Å²) in [5.41, 5.74) is 3.26. The molecule has 0 aliphatic carbocycles. The summed E-state index contributed by atoms with van der Waals surface area (Å²) in [4.78, 5) is 24.1. The standard InChI is InChI=1S/C28H23N7O2/c36-27(19-8-7-13-22(16-19)37-21-11-5-2-6-12-21)32-26-23-17-35(18-24(23)33-34-26)25-14-15-29-28(31-25)30-20-9-3-1-4-10-20/h1-16H,17-18H2,(H,29,30,31)(H2,32,33,34,36). The summed E-state index contributed by atoms with van der Waals surface area (Å²) in [6, 6.07) is 28.2. The van der Waals surface area contributed by atoms with E-state index in [4.69, 9.17) is 4.74 Å². The van der Waals surface area contributed by atoms with E-state index in [1.54, 1.807) is 24.4 Å². The molecule has 3 N–H and O–H groups in total. The van der Waals surface area contributed by atoms with E-state index in [1.807, 2.05) is 72.8 Å². The number of anilines is 4. The van der Waals surface area contributed by atoms with Crippen molar-refractivity contribution in [1.82, 2.24) is 20.2 Å². The fourth-order valence-electron chi connectivity index (χ4n) is 4.15. The molecule has 2 aromatic heterocycles. The molecule has 0 fully saturated rings. The van der Waals surface area contributed by atoms with Gasteiger partial charge in [0, 0.05) is 23.0 Å². The molecule has 5 aromatic rings. The molecule has 1 aliphatic rings. The van der Waals surface area contributed by atoms with Crippen molar-refractivity contribution in [3.8, 4) is 11.5 Å². The summed E-state index contributed by atoms with van der Waals surface area (Å²) in [5.74, 6) is 2.83. The topological polar surface area (TPSA) is 108 Å². The summed E-state index contributed by atoms with van der Waals surface area (Å²) in [6.45, 7) is 1.15. The van der Waals surface area contributed by atoms with Crippen LogP contribution in [0.15, 0.2) is 97.2 Å². The van der Waals surface area contributed by atoms with E-state index in [-0.39, 0.29) is 5.91 Å². The van der Waals surface area contributed by atoms with Gasteiger partial charge < -0.3 is 20.3 Å². The maximum atomic E-state index is 13.0. The predicted octanol–water partition coefficient (Wildman–Crippen LogP) is 5.51. The number of nitrogens with one attached hydrogen (secondary N) is 3. The first-order valence-electron chi connectivity index (χ1n) is 11.8. The summed E-state index contributed by atoms with van der Waals surface area (Å²) in [6.07, 6.45) is 1.73. The van der Waals surface area contributed by atoms with Crippen molar-refractivity contribution in [3.63, 3.8) is 0 Å². The number of hydrogen-bond donors (Lipinski definition) is 3. The first kappa shape index (κ1) is 22.3. The molecule has 182 valence electrons. The Morgan fingerprint density at radius 2 is 1.68 bits per heavy atom. The Morgan fingerprint density at radius 1 is 0.892 bits per heavy atom. The number of aromatic amines is 1. The number of ether oxygens (including phenoxy) is 1. The first-order valence-corrected chi connectivity index (χ1v) is 11.8. The molecule has 9 heteroatoms. The van der Waals surface area contributed by atoms with Crippen molar-refractivity contribution in [3.05, 3.63) is 114 Å². The lowest BCUT2D eigenvalue weighted by atomic mass is 10.2. The van der Waals surface area contributed by atoms with E-state index < -0.39 is 0 Å². The summed E-state index contributed by atoms with van der Waals surface area (Å²) in [5, 5.41) is 13.5. The number of amides is 1. The van der Waals surface area contributed by atoms with E-state index in [2.05, 4.69) is 35.7 Å². The molecule has 0 saturated carbocycles. The maximum absolute atomic E-state index is 13.0. The fourth-order valence-corrected chi connectivity index (χ4v) is 4.15. The quantitative estimate of drug-likeness (QED) is 0.277. The van der Waals surface area contributed by atoms with Crippen molar-refractivity contribution >= 4 is 29.2 Å². The Hall–Kier alpha value is -5.18. The lowest BCUT2D eigenvalue weighted by Crippen LogP contribution is -2.19. The highest BCUT2D eigenvalue weighted by molar-refractivity contribution is 6.04. The van der Waals surface area contributed by atoms with E-state index in [1.165, 1.54) is 0 Å². The average molecular weight is 490 g/mol. The lowest BCUT2D eigenvalue weighted by Gasteiger charge is -2.17. The van der Waals surface area contributed by atoms with Crippen LogP contribution in [0.3, 0.4) is 0 Å². The molecular weight excluding hydrogens is 466 g/mol. The number of benzene rings is 3. The van der Waals surface area contributed by atoms with Gasteiger partial charge in [0.05, 0.1) is 18.8 Å². The van der Waals surface area contributed by atoms with Gasteiger partial charge in [-0.05, 0) is 48.5 Å². The normalized spacial score (nSPS) is 12.2. The van der Waals surface area contributed by atoms with E-state index >= 15 is 0 Å². The van der Waals surface area contributed by atoms with Gasteiger partial charge in [0.25, 0.3) is 5.91 Å². The molecule has 0 bridgehead atoms. The minimum Gasteiger partial charge on any atom is -0.457 e. The number of nitrogens with zero attached hydrogens (tertiary/aromatic N) is 4. The highest BCUT2D eigenvalue weighted by Crippen LogP contribution is 2.31. The Morgan fingerprint density at radius 3 is 2.51 bits per heavy atom. The number of aromatic nitrogens is 4. The van der Waals surface area contributed by atoms with E-state index in [0.29, 0.717) is 41.9 Å². The Balaban J connectivity index is 1.14. The molecule has 0 saturated heterocycles. The second-order valence-electron chi connectivity index (χ2n) is 8.51. The zero-order chi connectivity index (χ0) is 25.0. The maximum Gasteiger partial charge on any atom is 0.257 e. The highest BCUT2D eigenvalue weighted by Gasteiger charge is 2.27. The summed E-state index contributed by atoms with van der Waals surface area (Å²) >= 11 is 0. The zero-order valence-corrected chi connectivity index (χ0v) is 19.8. The van der Waals surface area contributed by atoms with Gasteiger partial charge in [-0.1, -0.05) is 42.5 Å². The predicted molar refractivity (Wildman–Crippen MR) is 141 cm³/mol. The van der Waals surface area contributed by atoms with Gasteiger partial charge in [-0.25, -0.2) is 4.98 Å². The smallest absolute Gasteiger partial charge is 0.257 e.